The monoisotopic (exact) mass is 371 g/mol. The van der Waals surface area contributed by atoms with Crippen molar-refractivity contribution in [2.45, 2.75) is 0 Å². The van der Waals surface area contributed by atoms with Gasteiger partial charge < -0.3 is 10.4 Å². The number of anilines is 1. The molecule has 25 heavy (non-hydrogen) atoms. The average molecular weight is 372 g/mol. The second-order valence-electron chi connectivity index (χ2n) is 5.16. The summed E-state index contributed by atoms with van der Waals surface area (Å²) < 4.78 is 4.21. The zero-order valence-corrected chi connectivity index (χ0v) is 14.1. The van der Waals surface area contributed by atoms with Crippen molar-refractivity contribution in [1.29, 1.82) is 0 Å². The van der Waals surface area contributed by atoms with E-state index < -0.39 is 0 Å². The number of hydrogen-bond acceptors (Lipinski definition) is 6. The molecule has 0 fully saturated rings. The first kappa shape index (κ1) is 15.6. The molecule has 0 aliphatic rings. The molecule has 7 nitrogen and oxygen atoms in total. The van der Waals surface area contributed by atoms with E-state index in [9.17, 15) is 9.90 Å². The van der Waals surface area contributed by atoms with Crippen molar-refractivity contribution < 1.29 is 9.90 Å². The number of fused-ring (bicyclic) bond motifs is 1. The molecule has 0 radical (unpaired) electrons. The molecule has 4 rings (SSSR count). The molecule has 1 amide bonds. The van der Waals surface area contributed by atoms with Crippen LogP contribution in [-0.4, -0.2) is 30.6 Å². The Balaban J connectivity index is 1.69. The number of halogens is 1. The molecular formula is C16H10ClN5O2S. The highest BCUT2D eigenvalue weighted by atomic mass is 35.5. The van der Waals surface area contributed by atoms with E-state index in [0.29, 0.717) is 37.9 Å². The van der Waals surface area contributed by atoms with E-state index in [-0.39, 0.29) is 11.7 Å². The predicted octanol–water partition coefficient (Wildman–Crippen LogP) is 3.69. The summed E-state index contributed by atoms with van der Waals surface area (Å²) in [6.45, 7) is 0. The Labute approximate surface area is 150 Å². The van der Waals surface area contributed by atoms with E-state index in [0.717, 1.165) is 11.5 Å². The van der Waals surface area contributed by atoms with E-state index in [1.807, 2.05) is 0 Å². The van der Waals surface area contributed by atoms with Crippen molar-refractivity contribution in [3.05, 3.63) is 52.6 Å². The topological polar surface area (TPSA) is 104 Å². The minimum atomic E-state index is -0.352. The molecule has 0 spiro atoms. The molecule has 3 aromatic heterocycles. The summed E-state index contributed by atoms with van der Waals surface area (Å²) in [5.74, 6) is -0.329. The minimum Gasteiger partial charge on any atom is -0.507 e. The van der Waals surface area contributed by atoms with Gasteiger partial charge in [0.15, 0.2) is 0 Å². The van der Waals surface area contributed by atoms with Crippen LogP contribution < -0.4 is 5.32 Å². The van der Waals surface area contributed by atoms with Gasteiger partial charge in [0.25, 0.3) is 5.91 Å². The molecule has 124 valence electrons. The number of aromatic amines is 1. The van der Waals surface area contributed by atoms with Gasteiger partial charge in [-0.25, -0.2) is 0 Å². The van der Waals surface area contributed by atoms with E-state index in [4.69, 9.17) is 11.6 Å². The lowest BCUT2D eigenvalue weighted by Crippen LogP contribution is -2.11. The van der Waals surface area contributed by atoms with E-state index in [2.05, 4.69) is 24.9 Å². The standard InChI is InChI=1S/C16H10ClN5O2S/c17-8-3-4-12(23)9(6-8)13-11(7-19-21-13)20-16(24)15-14-10(22-25-15)2-1-5-18-14/h1-7,23H,(H,19,21)(H,20,24). The molecule has 3 N–H and O–H groups in total. The number of pyridine rings is 1. The number of H-pyrrole nitrogens is 1. The first-order valence-electron chi connectivity index (χ1n) is 7.17. The van der Waals surface area contributed by atoms with Gasteiger partial charge in [-0.15, -0.1) is 0 Å². The third-order valence-electron chi connectivity index (χ3n) is 3.56. The number of amides is 1. The first-order valence-corrected chi connectivity index (χ1v) is 8.32. The normalized spacial score (nSPS) is 10.9. The number of aromatic hydroxyl groups is 1. The van der Waals surface area contributed by atoms with Gasteiger partial charge in [-0.1, -0.05) is 11.6 Å². The van der Waals surface area contributed by atoms with Crippen LogP contribution >= 0.6 is 23.1 Å². The van der Waals surface area contributed by atoms with E-state index >= 15 is 0 Å². The highest BCUT2D eigenvalue weighted by molar-refractivity contribution is 7.09. The number of carbonyl (C=O) groups is 1. The number of nitrogens with one attached hydrogen (secondary N) is 2. The molecule has 1 aromatic carbocycles. The van der Waals surface area contributed by atoms with Crippen molar-refractivity contribution in [2.75, 3.05) is 5.32 Å². The van der Waals surface area contributed by atoms with Crippen LogP contribution in [0.1, 0.15) is 9.67 Å². The third-order valence-corrected chi connectivity index (χ3v) is 4.64. The molecule has 0 atom stereocenters. The fourth-order valence-corrected chi connectivity index (χ4v) is 3.29. The molecule has 4 aromatic rings. The fourth-order valence-electron chi connectivity index (χ4n) is 2.41. The maximum Gasteiger partial charge on any atom is 0.269 e. The summed E-state index contributed by atoms with van der Waals surface area (Å²) in [6, 6.07) is 8.20. The smallest absolute Gasteiger partial charge is 0.269 e. The zero-order chi connectivity index (χ0) is 17.4. The summed E-state index contributed by atoms with van der Waals surface area (Å²) in [7, 11) is 0. The SMILES string of the molecule is O=C(Nc1cn[nH]c1-c1cc(Cl)ccc1O)c1snc2cccnc12. The van der Waals surface area contributed by atoms with Gasteiger partial charge in [0, 0.05) is 16.8 Å². The van der Waals surface area contributed by atoms with Gasteiger partial charge in [0.05, 0.1) is 17.6 Å². The lowest BCUT2D eigenvalue weighted by Gasteiger charge is -2.07. The minimum absolute atomic E-state index is 0.0223. The van der Waals surface area contributed by atoms with Crippen LogP contribution in [0.5, 0.6) is 5.75 Å². The lowest BCUT2D eigenvalue weighted by molar-refractivity contribution is 0.103. The second kappa shape index (κ2) is 6.15. The number of nitrogens with zero attached hydrogens (tertiary/aromatic N) is 3. The molecule has 0 aliphatic carbocycles. The number of carbonyl (C=O) groups excluding carboxylic acids is 1. The van der Waals surface area contributed by atoms with Crippen LogP contribution in [0.3, 0.4) is 0 Å². The molecule has 9 heteroatoms. The summed E-state index contributed by atoms with van der Waals surface area (Å²) in [4.78, 5) is 17.2. The number of hydrogen-bond donors (Lipinski definition) is 3. The zero-order valence-electron chi connectivity index (χ0n) is 12.5. The first-order chi connectivity index (χ1) is 12.1. The highest BCUT2D eigenvalue weighted by Crippen LogP contribution is 2.35. The van der Waals surface area contributed by atoms with Crippen molar-refractivity contribution >= 4 is 45.8 Å². The molecule has 3 heterocycles. The number of aromatic nitrogens is 4. The van der Waals surface area contributed by atoms with Gasteiger partial charge in [0.2, 0.25) is 0 Å². The van der Waals surface area contributed by atoms with Crippen molar-refractivity contribution in [3.63, 3.8) is 0 Å². The Morgan fingerprint density at radius 3 is 3.08 bits per heavy atom. The highest BCUT2D eigenvalue weighted by Gasteiger charge is 2.19. The van der Waals surface area contributed by atoms with Crippen molar-refractivity contribution in [2.24, 2.45) is 0 Å². The quantitative estimate of drug-likeness (QED) is 0.509. The largest absolute Gasteiger partial charge is 0.507 e. The number of rotatable bonds is 3. The number of phenolic OH excluding ortho intramolecular Hbond substituents is 1. The van der Waals surface area contributed by atoms with Crippen LogP contribution in [0, 0.1) is 0 Å². The number of phenols is 1. The van der Waals surface area contributed by atoms with Crippen LogP contribution in [0.15, 0.2) is 42.7 Å². The van der Waals surface area contributed by atoms with Gasteiger partial charge in [-0.2, -0.15) is 9.47 Å². The predicted molar refractivity (Wildman–Crippen MR) is 96.1 cm³/mol. The third kappa shape index (κ3) is 2.81. The maximum absolute atomic E-state index is 12.6. The number of benzene rings is 1. The molecule has 0 bridgehead atoms. The Hall–Kier alpha value is -2.97. The molecule has 0 saturated heterocycles. The summed E-state index contributed by atoms with van der Waals surface area (Å²) in [5.41, 5.74) is 2.51. The second-order valence-corrected chi connectivity index (χ2v) is 6.37. The van der Waals surface area contributed by atoms with Crippen molar-refractivity contribution in [3.8, 4) is 17.0 Å². The Morgan fingerprint density at radius 2 is 2.20 bits per heavy atom. The fraction of sp³-hybridized carbons (Fsp3) is 0. The summed E-state index contributed by atoms with van der Waals surface area (Å²) in [6.07, 6.45) is 3.07. The van der Waals surface area contributed by atoms with E-state index in [1.165, 1.54) is 12.3 Å². The van der Waals surface area contributed by atoms with Gasteiger partial charge in [-0.3, -0.25) is 14.9 Å². The van der Waals surface area contributed by atoms with Crippen LogP contribution in [0.25, 0.3) is 22.3 Å². The Morgan fingerprint density at radius 1 is 1.32 bits per heavy atom. The van der Waals surface area contributed by atoms with Gasteiger partial charge >= 0.3 is 0 Å². The van der Waals surface area contributed by atoms with Crippen LogP contribution in [0.2, 0.25) is 5.02 Å². The molecule has 0 aliphatic heterocycles. The van der Waals surface area contributed by atoms with Gasteiger partial charge in [-0.05, 0) is 41.9 Å². The van der Waals surface area contributed by atoms with Crippen molar-refractivity contribution in [1.82, 2.24) is 19.6 Å². The Bertz CT molecular complexity index is 1090. The maximum atomic E-state index is 12.6. The summed E-state index contributed by atoms with van der Waals surface area (Å²) in [5, 5.41) is 20.0. The van der Waals surface area contributed by atoms with Crippen LogP contribution in [0.4, 0.5) is 5.69 Å². The summed E-state index contributed by atoms with van der Waals surface area (Å²) >= 11 is 7.07. The van der Waals surface area contributed by atoms with Crippen LogP contribution in [-0.2, 0) is 0 Å². The van der Waals surface area contributed by atoms with E-state index in [1.54, 1.807) is 30.5 Å². The lowest BCUT2D eigenvalue weighted by atomic mass is 10.1. The average Bonchev–Trinajstić information content (AvgIpc) is 3.23. The molecule has 0 saturated carbocycles. The molecular weight excluding hydrogens is 362 g/mol. The van der Waals surface area contributed by atoms with Gasteiger partial charge in [0.1, 0.15) is 21.7 Å². The molecule has 0 unspecified atom stereocenters. The Kier molecular flexibility index (Phi) is 3.83.